The van der Waals surface area contributed by atoms with Crippen LogP contribution in [0.5, 0.6) is 0 Å². The zero-order valence-corrected chi connectivity index (χ0v) is 14.6. The van der Waals surface area contributed by atoms with Gasteiger partial charge in [-0.3, -0.25) is 0 Å². The van der Waals surface area contributed by atoms with Crippen LogP contribution in [0.25, 0.3) is 0 Å². The molecule has 1 fully saturated rings. The summed E-state index contributed by atoms with van der Waals surface area (Å²) >= 11 is 7.80. The van der Waals surface area contributed by atoms with Crippen LogP contribution < -0.4 is 10.2 Å². The third-order valence-corrected chi connectivity index (χ3v) is 7.11. The molecule has 118 valence electrons. The van der Waals surface area contributed by atoms with Crippen molar-refractivity contribution >= 4 is 39.0 Å². The van der Waals surface area contributed by atoms with Crippen molar-refractivity contribution in [3.8, 4) is 0 Å². The maximum absolute atomic E-state index is 12.3. The second-order valence-electron chi connectivity index (χ2n) is 4.84. The van der Waals surface area contributed by atoms with Gasteiger partial charge in [0.15, 0.2) is 9.84 Å². The molecule has 0 amide bonds. The van der Waals surface area contributed by atoms with E-state index in [9.17, 15) is 8.42 Å². The van der Waals surface area contributed by atoms with Crippen molar-refractivity contribution in [1.82, 2.24) is 10.3 Å². The van der Waals surface area contributed by atoms with Gasteiger partial charge in [0.1, 0.15) is 11.2 Å². The molecule has 1 aromatic rings. The summed E-state index contributed by atoms with van der Waals surface area (Å²) in [6, 6.07) is 1.88. The number of nitrogens with one attached hydrogen (secondary N) is 1. The van der Waals surface area contributed by atoms with Crippen LogP contribution in [0.4, 0.5) is 5.82 Å². The summed E-state index contributed by atoms with van der Waals surface area (Å²) in [5, 5.41) is 3.14. The largest absolute Gasteiger partial charge is 0.338 e. The molecule has 1 unspecified atom stereocenters. The third kappa shape index (κ3) is 3.83. The zero-order chi connectivity index (χ0) is 15.5. The Morgan fingerprint density at radius 3 is 3.00 bits per heavy atom. The van der Waals surface area contributed by atoms with E-state index in [0.717, 1.165) is 11.3 Å². The number of hydrogen-bond donors (Lipinski definition) is 1. The van der Waals surface area contributed by atoms with E-state index in [1.807, 2.05) is 18.0 Å². The first kappa shape index (κ1) is 16.9. The van der Waals surface area contributed by atoms with Crippen molar-refractivity contribution in [2.75, 3.05) is 35.8 Å². The van der Waals surface area contributed by atoms with Gasteiger partial charge in [0.25, 0.3) is 0 Å². The quantitative estimate of drug-likeness (QED) is 0.874. The minimum Gasteiger partial charge on any atom is -0.338 e. The molecule has 0 aliphatic carbocycles. The van der Waals surface area contributed by atoms with Gasteiger partial charge in [-0.2, -0.15) is 11.8 Å². The number of sulfone groups is 1. The Kier molecular flexibility index (Phi) is 5.76. The molecule has 2 heterocycles. The fourth-order valence-electron chi connectivity index (χ4n) is 2.28. The highest BCUT2D eigenvalue weighted by Crippen LogP contribution is 2.28. The average molecular weight is 350 g/mol. The zero-order valence-electron chi connectivity index (χ0n) is 12.2. The second kappa shape index (κ2) is 7.17. The monoisotopic (exact) mass is 349 g/mol. The summed E-state index contributed by atoms with van der Waals surface area (Å²) in [5.41, 5.74) is 0.926. The van der Waals surface area contributed by atoms with Crippen molar-refractivity contribution in [1.29, 1.82) is 0 Å². The highest BCUT2D eigenvalue weighted by molar-refractivity contribution is 8.01. The third-order valence-electron chi connectivity index (χ3n) is 3.48. The van der Waals surface area contributed by atoms with Crippen LogP contribution in [0.1, 0.15) is 12.5 Å². The first-order valence-corrected chi connectivity index (χ1v) is 10.1. The van der Waals surface area contributed by atoms with Crippen LogP contribution in [0.3, 0.4) is 0 Å². The molecule has 1 saturated heterocycles. The van der Waals surface area contributed by atoms with Gasteiger partial charge < -0.3 is 10.2 Å². The van der Waals surface area contributed by atoms with Gasteiger partial charge in [-0.1, -0.05) is 18.5 Å². The predicted octanol–water partition coefficient (Wildman–Crippen LogP) is 1.77. The number of hydrogen-bond acceptors (Lipinski definition) is 6. The minimum absolute atomic E-state index is 0.145. The topological polar surface area (TPSA) is 62.3 Å². The number of pyridine rings is 1. The number of nitrogens with zero attached hydrogens (tertiary/aromatic N) is 2. The number of thioether (sulfide) groups is 1. The van der Waals surface area contributed by atoms with Crippen LogP contribution in [0, 0.1) is 0 Å². The molecule has 1 N–H and O–H groups in total. The Labute approximate surface area is 135 Å². The van der Waals surface area contributed by atoms with E-state index in [4.69, 9.17) is 11.6 Å². The standard InChI is InChI=1S/C13H20ClN3O2S2/c1-3-21(18,19)13-9-20-5-4-17(13)12-6-10(7-15-2)11(14)8-16-12/h6,8,13,15H,3-5,7,9H2,1-2H3. The average Bonchev–Trinajstić information content (AvgIpc) is 2.50. The fraction of sp³-hybridized carbons (Fsp3) is 0.615. The van der Waals surface area contributed by atoms with Crippen molar-refractivity contribution in [2.24, 2.45) is 0 Å². The predicted molar refractivity (Wildman–Crippen MR) is 89.9 cm³/mol. The summed E-state index contributed by atoms with van der Waals surface area (Å²) in [7, 11) is -1.29. The molecule has 0 radical (unpaired) electrons. The maximum Gasteiger partial charge on any atom is 0.171 e. The molecule has 0 saturated carbocycles. The Morgan fingerprint density at radius 2 is 2.33 bits per heavy atom. The smallest absolute Gasteiger partial charge is 0.171 e. The molecule has 8 heteroatoms. The molecular weight excluding hydrogens is 330 g/mol. The van der Waals surface area contributed by atoms with Crippen LogP contribution in [-0.2, 0) is 16.4 Å². The van der Waals surface area contributed by atoms with E-state index in [1.54, 1.807) is 24.9 Å². The molecule has 1 aliphatic heterocycles. The van der Waals surface area contributed by atoms with E-state index in [0.29, 0.717) is 29.7 Å². The Hall–Kier alpha value is -0.500. The van der Waals surface area contributed by atoms with Crippen molar-refractivity contribution in [2.45, 2.75) is 18.8 Å². The van der Waals surface area contributed by atoms with E-state index in [-0.39, 0.29) is 5.75 Å². The van der Waals surface area contributed by atoms with Crippen molar-refractivity contribution < 1.29 is 8.42 Å². The highest BCUT2D eigenvalue weighted by atomic mass is 35.5. The lowest BCUT2D eigenvalue weighted by atomic mass is 10.2. The number of aromatic nitrogens is 1. The van der Waals surface area contributed by atoms with Crippen molar-refractivity contribution in [3.63, 3.8) is 0 Å². The van der Waals surface area contributed by atoms with Gasteiger partial charge >= 0.3 is 0 Å². The molecule has 5 nitrogen and oxygen atoms in total. The Balaban J connectivity index is 2.35. The number of halogens is 1. The minimum atomic E-state index is -3.14. The SMILES string of the molecule is CCS(=O)(=O)C1CSCCN1c1cc(CNC)c(Cl)cn1. The summed E-state index contributed by atoms with van der Waals surface area (Å²) in [6.07, 6.45) is 1.60. The molecule has 2 rings (SSSR count). The lowest BCUT2D eigenvalue weighted by Crippen LogP contribution is -2.48. The van der Waals surface area contributed by atoms with Crippen LogP contribution >= 0.6 is 23.4 Å². The summed E-state index contributed by atoms with van der Waals surface area (Å²) < 4.78 is 24.6. The number of rotatable bonds is 5. The second-order valence-corrected chi connectivity index (χ2v) is 8.84. The lowest BCUT2D eigenvalue weighted by Gasteiger charge is -2.35. The molecule has 0 aromatic carbocycles. The molecule has 1 aliphatic rings. The highest BCUT2D eigenvalue weighted by Gasteiger charge is 2.33. The van der Waals surface area contributed by atoms with E-state index in [1.165, 1.54) is 0 Å². The molecular formula is C13H20ClN3O2S2. The van der Waals surface area contributed by atoms with E-state index < -0.39 is 15.2 Å². The van der Waals surface area contributed by atoms with E-state index in [2.05, 4.69) is 10.3 Å². The van der Waals surface area contributed by atoms with Gasteiger partial charge in [0.05, 0.1) is 5.02 Å². The molecule has 1 aromatic heterocycles. The first-order valence-electron chi connectivity index (χ1n) is 6.84. The summed E-state index contributed by atoms with van der Waals surface area (Å²) in [4.78, 5) is 6.23. The summed E-state index contributed by atoms with van der Waals surface area (Å²) in [5.74, 6) is 2.32. The normalized spacial score (nSPS) is 19.8. The maximum atomic E-state index is 12.3. The number of anilines is 1. The molecule has 0 bridgehead atoms. The molecule has 0 spiro atoms. The van der Waals surface area contributed by atoms with Gasteiger partial charge in [-0.15, -0.1) is 0 Å². The molecule has 1 atom stereocenters. The summed E-state index contributed by atoms with van der Waals surface area (Å²) in [6.45, 7) is 3.00. The Morgan fingerprint density at radius 1 is 1.57 bits per heavy atom. The molecule has 21 heavy (non-hydrogen) atoms. The lowest BCUT2D eigenvalue weighted by molar-refractivity contribution is 0.579. The van der Waals surface area contributed by atoms with Crippen molar-refractivity contribution in [3.05, 3.63) is 22.8 Å². The van der Waals surface area contributed by atoms with E-state index >= 15 is 0 Å². The Bertz CT molecular complexity index is 595. The van der Waals surface area contributed by atoms with Gasteiger partial charge in [0, 0.05) is 36.5 Å². The van der Waals surface area contributed by atoms with Crippen LogP contribution in [0.2, 0.25) is 5.02 Å². The van der Waals surface area contributed by atoms with Crippen LogP contribution in [0.15, 0.2) is 12.3 Å². The van der Waals surface area contributed by atoms with Gasteiger partial charge in [0.2, 0.25) is 0 Å². The van der Waals surface area contributed by atoms with Gasteiger partial charge in [-0.25, -0.2) is 13.4 Å². The van der Waals surface area contributed by atoms with Crippen LogP contribution in [-0.4, -0.2) is 49.6 Å². The first-order chi connectivity index (χ1) is 9.99. The fourth-order valence-corrected chi connectivity index (χ4v) is 5.43. The van der Waals surface area contributed by atoms with Gasteiger partial charge in [-0.05, 0) is 18.7 Å².